The van der Waals surface area contributed by atoms with Crippen LogP contribution in [0.25, 0.3) is 0 Å². The standard InChI is InChI=1S/C15H25N3O2S/c1-16-14-6-4-5-7-15(14)21(19,20)18-10-8-13(9-11-18)12-17(2)3/h4-7,13,16H,8-12H2,1-3H3. The van der Waals surface area contributed by atoms with Crippen LogP contribution in [0.4, 0.5) is 5.69 Å². The summed E-state index contributed by atoms with van der Waals surface area (Å²) < 4.78 is 27.2. The Labute approximate surface area is 128 Å². The van der Waals surface area contributed by atoms with E-state index in [1.807, 2.05) is 6.07 Å². The van der Waals surface area contributed by atoms with Crippen LogP contribution in [0.1, 0.15) is 12.8 Å². The van der Waals surface area contributed by atoms with Crippen molar-refractivity contribution in [1.82, 2.24) is 9.21 Å². The van der Waals surface area contributed by atoms with Gasteiger partial charge in [-0.1, -0.05) is 12.1 Å². The summed E-state index contributed by atoms with van der Waals surface area (Å²) in [5, 5.41) is 2.96. The van der Waals surface area contributed by atoms with Crippen LogP contribution >= 0.6 is 0 Å². The summed E-state index contributed by atoms with van der Waals surface area (Å²) in [4.78, 5) is 2.55. The SMILES string of the molecule is CNc1ccccc1S(=O)(=O)N1CCC(CN(C)C)CC1. The molecule has 0 amide bonds. The maximum atomic E-state index is 12.8. The van der Waals surface area contributed by atoms with E-state index in [9.17, 15) is 8.42 Å². The molecule has 0 unspecified atom stereocenters. The van der Waals surface area contributed by atoms with Gasteiger partial charge in [0.25, 0.3) is 0 Å². The molecule has 1 aromatic rings. The number of hydrogen-bond donors (Lipinski definition) is 1. The lowest BCUT2D eigenvalue weighted by Crippen LogP contribution is -2.40. The molecule has 1 heterocycles. The summed E-state index contributed by atoms with van der Waals surface area (Å²) in [5.74, 6) is 0.589. The zero-order valence-corrected chi connectivity index (χ0v) is 13.9. The van der Waals surface area contributed by atoms with E-state index in [1.54, 1.807) is 29.6 Å². The normalized spacial score (nSPS) is 18.1. The average Bonchev–Trinajstić information content (AvgIpc) is 2.47. The third-order valence-electron chi connectivity index (χ3n) is 3.97. The topological polar surface area (TPSA) is 52.7 Å². The third kappa shape index (κ3) is 3.75. The van der Waals surface area contributed by atoms with E-state index >= 15 is 0 Å². The highest BCUT2D eigenvalue weighted by atomic mass is 32.2. The second-order valence-corrected chi connectivity index (χ2v) is 7.76. The molecule has 2 rings (SSSR count). The van der Waals surface area contributed by atoms with E-state index in [0.717, 1.165) is 19.4 Å². The first-order valence-electron chi connectivity index (χ1n) is 7.37. The first kappa shape index (κ1) is 16.3. The van der Waals surface area contributed by atoms with Gasteiger partial charge in [0.15, 0.2) is 0 Å². The largest absolute Gasteiger partial charge is 0.387 e. The smallest absolute Gasteiger partial charge is 0.245 e. The van der Waals surface area contributed by atoms with Crippen molar-refractivity contribution < 1.29 is 8.42 Å². The number of sulfonamides is 1. The molecule has 0 bridgehead atoms. The van der Waals surface area contributed by atoms with Gasteiger partial charge < -0.3 is 10.2 Å². The molecule has 0 saturated carbocycles. The Bertz CT molecular complexity index is 564. The van der Waals surface area contributed by atoms with E-state index in [0.29, 0.717) is 29.6 Å². The predicted octanol–water partition coefficient (Wildman–Crippen LogP) is 1.69. The van der Waals surface area contributed by atoms with E-state index < -0.39 is 10.0 Å². The van der Waals surface area contributed by atoms with Gasteiger partial charge in [0, 0.05) is 26.7 Å². The van der Waals surface area contributed by atoms with Crippen molar-refractivity contribution in [2.45, 2.75) is 17.7 Å². The monoisotopic (exact) mass is 311 g/mol. The molecule has 1 aromatic carbocycles. The summed E-state index contributed by atoms with van der Waals surface area (Å²) in [5.41, 5.74) is 0.660. The Balaban J connectivity index is 2.11. The van der Waals surface area contributed by atoms with Gasteiger partial charge in [-0.2, -0.15) is 4.31 Å². The fraction of sp³-hybridized carbons (Fsp3) is 0.600. The van der Waals surface area contributed by atoms with Crippen LogP contribution < -0.4 is 5.32 Å². The van der Waals surface area contributed by atoms with Crippen LogP contribution in [0, 0.1) is 5.92 Å². The van der Waals surface area contributed by atoms with E-state index in [-0.39, 0.29) is 0 Å². The molecule has 1 fully saturated rings. The van der Waals surface area contributed by atoms with Gasteiger partial charge in [0.1, 0.15) is 4.90 Å². The van der Waals surface area contributed by atoms with E-state index in [2.05, 4.69) is 24.3 Å². The van der Waals surface area contributed by atoms with Gasteiger partial charge >= 0.3 is 0 Å². The molecule has 0 atom stereocenters. The Kier molecular flexibility index (Phi) is 5.24. The quantitative estimate of drug-likeness (QED) is 0.899. The zero-order valence-electron chi connectivity index (χ0n) is 13.0. The van der Waals surface area contributed by atoms with E-state index in [4.69, 9.17) is 0 Å². The summed E-state index contributed by atoms with van der Waals surface area (Å²) in [7, 11) is 2.47. The van der Waals surface area contributed by atoms with Crippen LogP contribution in [-0.2, 0) is 10.0 Å². The van der Waals surface area contributed by atoms with Crippen LogP contribution in [-0.4, -0.2) is 58.4 Å². The highest BCUT2D eigenvalue weighted by Gasteiger charge is 2.30. The van der Waals surface area contributed by atoms with Crippen molar-refractivity contribution >= 4 is 15.7 Å². The van der Waals surface area contributed by atoms with Crippen molar-refractivity contribution in [3.8, 4) is 0 Å². The Morgan fingerprint density at radius 3 is 2.43 bits per heavy atom. The number of piperidine rings is 1. The number of anilines is 1. The first-order valence-corrected chi connectivity index (χ1v) is 8.81. The van der Waals surface area contributed by atoms with Crippen molar-refractivity contribution in [2.75, 3.05) is 46.1 Å². The summed E-state index contributed by atoms with van der Waals surface area (Å²) >= 11 is 0. The van der Waals surface area contributed by atoms with Crippen LogP contribution in [0.3, 0.4) is 0 Å². The lowest BCUT2D eigenvalue weighted by atomic mass is 9.98. The molecule has 0 aromatic heterocycles. The number of para-hydroxylation sites is 1. The number of nitrogens with one attached hydrogen (secondary N) is 1. The lowest BCUT2D eigenvalue weighted by Gasteiger charge is -2.32. The van der Waals surface area contributed by atoms with Crippen LogP contribution in [0.2, 0.25) is 0 Å². The predicted molar refractivity (Wildman–Crippen MR) is 86.0 cm³/mol. The van der Waals surface area contributed by atoms with Gasteiger partial charge in [-0.3, -0.25) is 0 Å². The molecular weight excluding hydrogens is 286 g/mol. The fourth-order valence-corrected chi connectivity index (χ4v) is 4.55. The maximum absolute atomic E-state index is 12.8. The Morgan fingerprint density at radius 2 is 1.86 bits per heavy atom. The number of benzene rings is 1. The van der Waals surface area contributed by atoms with Gasteiger partial charge in [-0.05, 0) is 45.0 Å². The minimum Gasteiger partial charge on any atom is -0.387 e. The molecular formula is C15H25N3O2S. The minimum absolute atomic E-state index is 0.374. The van der Waals surface area contributed by atoms with Crippen LogP contribution in [0.15, 0.2) is 29.2 Å². The molecule has 0 spiro atoms. The van der Waals surface area contributed by atoms with Gasteiger partial charge in [-0.15, -0.1) is 0 Å². The molecule has 5 nitrogen and oxygen atoms in total. The van der Waals surface area contributed by atoms with Crippen molar-refractivity contribution in [3.05, 3.63) is 24.3 Å². The minimum atomic E-state index is -3.40. The molecule has 1 N–H and O–H groups in total. The van der Waals surface area contributed by atoms with Crippen molar-refractivity contribution in [2.24, 2.45) is 5.92 Å². The molecule has 1 aliphatic rings. The van der Waals surface area contributed by atoms with Crippen molar-refractivity contribution in [1.29, 1.82) is 0 Å². The summed E-state index contributed by atoms with van der Waals surface area (Å²) in [6.07, 6.45) is 1.86. The Hall–Kier alpha value is -1.11. The van der Waals surface area contributed by atoms with Crippen molar-refractivity contribution in [3.63, 3.8) is 0 Å². The third-order valence-corrected chi connectivity index (χ3v) is 5.93. The fourth-order valence-electron chi connectivity index (χ4n) is 2.89. The zero-order chi connectivity index (χ0) is 15.5. The second kappa shape index (κ2) is 6.77. The lowest BCUT2D eigenvalue weighted by molar-refractivity contribution is 0.225. The number of hydrogen-bond acceptors (Lipinski definition) is 4. The molecule has 6 heteroatoms. The summed E-state index contributed by atoms with van der Waals surface area (Å²) in [6, 6.07) is 7.08. The van der Waals surface area contributed by atoms with Gasteiger partial charge in [-0.25, -0.2) is 8.42 Å². The highest BCUT2D eigenvalue weighted by molar-refractivity contribution is 7.89. The molecule has 118 valence electrons. The molecule has 21 heavy (non-hydrogen) atoms. The van der Waals surface area contributed by atoms with Gasteiger partial charge in [0.05, 0.1) is 5.69 Å². The number of nitrogens with zero attached hydrogens (tertiary/aromatic N) is 2. The number of rotatable bonds is 5. The maximum Gasteiger partial charge on any atom is 0.245 e. The highest BCUT2D eigenvalue weighted by Crippen LogP contribution is 2.28. The molecule has 0 aliphatic carbocycles. The van der Waals surface area contributed by atoms with Crippen LogP contribution in [0.5, 0.6) is 0 Å². The van der Waals surface area contributed by atoms with E-state index in [1.165, 1.54) is 0 Å². The Morgan fingerprint density at radius 1 is 1.24 bits per heavy atom. The average molecular weight is 311 g/mol. The molecule has 1 saturated heterocycles. The molecule has 0 radical (unpaired) electrons. The van der Waals surface area contributed by atoms with Gasteiger partial charge in [0.2, 0.25) is 10.0 Å². The second-order valence-electron chi connectivity index (χ2n) is 5.86. The first-order chi connectivity index (χ1) is 9.95. The molecule has 1 aliphatic heterocycles. The summed E-state index contributed by atoms with van der Waals surface area (Å²) in [6.45, 7) is 2.25.